The molecule has 0 fully saturated rings. The molecule has 6 heteroatoms. The maximum Gasteiger partial charge on any atom is 0.354 e. The molecule has 0 bridgehead atoms. The molecule has 150 valence electrons. The molecule has 0 aliphatic rings. The number of esters is 1. The lowest BCUT2D eigenvalue weighted by molar-refractivity contribution is -0.135. The van der Waals surface area contributed by atoms with E-state index in [2.05, 4.69) is 16.6 Å². The molecule has 0 aromatic heterocycles. The Labute approximate surface area is 171 Å². The number of carbonyl (C=O) groups is 2. The molecule has 0 heterocycles. The largest absolute Gasteiger partial charge is 0.461 e. The number of nitriles is 1. The summed E-state index contributed by atoms with van der Waals surface area (Å²) in [5.74, 6) is -0.973. The zero-order chi connectivity index (χ0) is 21.4. The highest BCUT2D eigenvalue weighted by atomic mass is 16.5. The van der Waals surface area contributed by atoms with Crippen molar-refractivity contribution >= 4 is 23.2 Å². The smallest absolute Gasteiger partial charge is 0.354 e. The molecule has 2 aromatic carbocycles. The molecule has 0 radical (unpaired) electrons. The number of nitrogens with one attached hydrogen (secondary N) is 1. The third kappa shape index (κ3) is 4.69. The average Bonchev–Trinajstić information content (AvgIpc) is 2.74. The number of carbonyl (C=O) groups excluding carboxylic acids is 2. The Morgan fingerprint density at radius 1 is 1.10 bits per heavy atom. The van der Waals surface area contributed by atoms with Crippen LogP contribution in [0.5, 0.6) is 0 Å². The summed E-state index contributed by atoms with van der Waals surface area (Å²) >= 11 is 0. The van der Waals surface area contributed by atoms with Crippen LogP contribution in [0, 0.1) is 17.2 Å². The summed E-state index contributed by atoms with van der Waals surface area (Å²) in [6, 6.07) is 18.2. The molecular formula is C23H25N3O3. The molecule has 0 amide bonds. The van der Waals surface area contributed by atoms with Crippen molar-refractivity contribution in [3.63, 3.8) is 0 Å². The minimum Gasteiger partial charge on any atom is -0.461 e. The summed E-state index contributed by atoms with van der Waals surface area (Å²) in [7, 11) is 0. The zero-order valence-electron chi connectivity index (χ0n) is 17.1. The minimum atomic E-state index is -1.39. The van der Waals surface area contributed by atoms with E-state index in [0.29, 0.717) is 16.8 Å². The topological polar surface area (TPSA) is 91.5 Å². The van der Waals surface area contributed by atoms with E-state index in [1.54, 1.807) is 64.1 Å². The molecule has 0 saturated heterocycles. The molecular weight excluding hydrogens is 366 g/mol. The molecule has 1 unspecified atom stereocenters. The van der Waals surface area contributed by atoms with Gasteiger partial charge in [-0.05, 0) is 37.1 Å². The average molecular weight is 391 g/mol. The Morgan fingerprint density at radius 3 is 2.21 bits per heavy atom. The van der Waals surface area contributed by atoms with E-state index in [9.17, 15) is 14.9 Å². The maximum absolute atomic E-state index is 13.1. The van der Waals surface area contributed by atoms with Crippen LogP contribution in [-0.2, 0) is 19.7 Å². The lowest BCUT2D eigenvalue weighted by Gasteiger charge is -2.28. The number of benzene rings is 2. The predicted molar refractivity (Wildman–Crippen MR) is 112 cm³/mol. The summed E-state index contributed by atoms with van der Waals surface area (Å²) in [6.07, 6.45) is 0. The molecule has 0 aliphatic carbocycles. The number of nitrogens with zero attached hydrogens (tertiary/aromatic N) is 2. The Hall–Kier alpha value is -3.46. The molecule has 0 saturated carbocycles. The molecule has 0 spiro atoms. The van der Waals surface area contributed by atoms with E-state index in [0.717, 1.165) is 0 Å². The van der Waals surface area contributed by atoms with Gasteiger partial charge in [0.1, 0.15) is 5.71 Å². The van der Waals surface area contributed by atoms with E-state index in [1.807, 2.05) is 18.2 Å². The SMILES string of the molecule is CCOC(=O)/C(C)=N/Nc1ccc(C(C#N)(C(=O)C(C)C)c2ccccc2)cc1. The number of ketones is 1. The van der Waals surface area contributed by atoms with Crippen molar-refractivity contribution in [3.8, 4) is 6.07 Å². The summed E-state index contributed by atoms with van der Waals surface area (Å²) in [4.78, 5) is 24.7. The molecule has 1 N–H and O–H groups in total. The van der Waals surface area contributed by atoms with E-state index >= 15 is 0 Å². The molecule has 2 rings (SSSR count). The van der Waals surface area contributed by atoms with Crippen LogP contribution >= 0.6 is 0 Å². The predicted octanol–water partition coefficient (Wildman–Crippen LogP) is 4.07. The summed E-state index contributed by atoms with van der Waals surface area (Å²) in [5.41, 5.74) is 3.44. The van der Waals surface area contributed by atoms with Crippen molar-refractivity contribution in [3.05, 3.63) is 65.7 Å². The quantitative estimate of drug-likeness (QED) is 0.416. The maximum atomic E-state index is 13.1. The molecule has 2 aromatic rings. The van der Waals surface area contributed by atoms with Gasteiger partial charge in [-0.2, -0.15) is 10.4 Å². The van der Waals surface area contributed by atoms with Crippen LogP contribution in [0.1, 0.15) is 38.8 Å². The van der Waals surface area contributed by atoms with Crippen molar-refractivity contribution in [2.75, 3.05) is 12.0 Å². The first-order valence-electron chi connectivity index (χ1n) is 9.45. The van der Waals surface area contributed by atoms with Gasteiger partial charge in [-0.15, -0.1) is 0 Å². The van der Waals surface area contributed by atoms with Crippen LogP contribution in [-0.4, -0.2) is 24.1 Å². The number of anilines is 1. The Balaban J connectivity index is 2.40. The third-order valence-electron chi connectivity index (χ3n) is 4.51. The highest BCUT2D eigenvalue weighted by Crippen LogP contribution is 2.35. The third-order valence-corrected chi connectivity index (χ3v) is 4.51. The highest BCUT2D eigenvalue weighted by Gasteiger charge is 2.43. The number of ether oxygens (including phenoxy) is 1. The van der Waals surface area contributed by atoms with Crippen molar-refractivity contribution in [1.82, 2.24) is 0 Å². The van der Waals surface area contributed by atoms with Gasteiger partial charge in [0.25, 0.3) is 0 Å². The lowest BCUT2D eigenvalue weighted by Crippen LogP contribution is -2.38. The second-order valence-corrected chi connectivity index (χ2v) is 6.85. The van der Waals surface area contributed by atoms with Gasteiger partial charge in [-0.25, -0.2) is 4.79 Å². The highest BCUT2D eigenvalue weighted by molar-refractivity contribution is 6.35. The minimum absolute atomic E-state index is 0.164. The number of hydrogen-bond acceptors (Lipinski definition) is 6. The fourth-order valence-corrected chi connectivity index (χ4v) is 2.98. The van der Waals surface area contributed by atoms with Gasteiger partial charge in [-0.1, -0.05) is 56.3 Å². The van der Waals surface area contributed by atoms with Crippen LogP contribution in [0.4, 0.5) is 5.69 Å². The number of hydrazone groups is 1. The van der Waals surface area contributed by atoms with Crippen molar-refractivity contribution in [1.29, 1.82) is 5.26 Å². The van der Waals surface area contributed by atoms with Crippen molar-refractivity contribution < 1.29 is 14.3 Å². The van der Waals surface area contributed by atoms with Gasteiger partial charge in [-0.3, -0.25) is 10.2 Å². The number of Topliss-reactive ketones (excluding diaryl/α,β-unsaturated/α-hetero) is 1. The van der Waals surface area contributed by atoms with Crippen LogP contribution in [0.25, 0.3) is 0 Å². The fourth-order valence-electron chi connectivity index (χ4n) is 2.98. The van der Waals surface area contributed by atoms with Crippen LogP contribution < -0.4 is 5.43 Å². The molecule has 1 atom stereocenters. The van der Waals surface area contributed by atoms with Crippen LogP contribution in [0.15, 0.2) is 59.7 Å². The second kappa shape index (κ2) is 9.65. The van der Waals surface area contributed by atoms with E-state index in [-0.39, 0.29) is 24.0 Å². The van der Waals surface area contributed by atoms with Gasteiger partial charge in [0.15, 0.2) is 11.2 Å². The fraction of sp³-hybridized carbons (Fsp3) is 0.304. The summed E-state index contributed by atoms with van der Waals surface area (Å²) in [6.45, 7) is 7.14. The van der Waals surface area contributed by atoms with E-state index in [1.165, 1.54) is 0 Å². The molecule has 29 heavy (non-hydrogen) atoms. The Bertz CT molecular complexity index is 928. The zero-order valence-corrected chi connectivity index (χ0v) is 17.1. The number of hydrogen-bond donors (Lipinski definition) is 1. The van der Waals surface area contributed by atoms with Crippen LogP contribution in [0.3, 0.4) is 0 Å². The molecule has 6 nitrogen and oxygen atoms in total. The van der Waals surface area contributed by atoms with Gasteiger partial charge in [0.2, 0.25) is 0 Å². The second-order valence-electron chi connectivity index (χ2n) is 6.85. The first-order chi connectivity index (χ1) is 13.9. The van der Waals surface area contributed by atoms with Gasteiger partial charge in [0.05, 0.1) is 18.4 Å². The number of rotatable bonds is 8. The van der Waals surface area contributed by atoms with Crippen molar-refractivity contribution in [2.45, 2.75) is 33.1 Å². The van der Waals surface area contributed by atoms with Gasteiger partial charge >= 0.3 is 5.97 Å². The Morgan fingerprint density at radius 2 is 1.69 bits per heavy atom. The normalized spacial score (nSPS) is 13.3. The molecule has 0 aliphatic heterocycles. The first-order valence-corrected chi connectivity index (χ1v) is 9.45. The van der Waals surface area contributed by atoms with Crippen molar-refractivity contribution in [2.24, 2.45) is 11.0 Å². The Kier molecular flexibility index (Phi) is 7.27. The van der Waals surface area contributed by atoms with E-state index < -0.39 is 11.4 Å². The summed E-state index contributed by atoms with van der Waals surface area (Å²) in [5, 5.41) is 14.1. The first kappa shape index (κ1) is 21.8. The van der Waals surface area contributed by atoms with Crippen LogP contribution in [0.2, 0.25) is 0 Å². The van der Waals surface area contributed by atoms with Gasteiger partial charge in [0, 0.05) is 5.92 Å². The van der Waals surface area contributed by atoms with E-state index in [4.69, 9.17) is 4.74 Å². The van der Waals surface area contributed by atoms with Gasteiger partial charge < -0.3 is 4.74 Å². The summed E-state index contributed by atoms with van der Waals surface area (Å²) < 4.78 is 4.88. The monoisotopic (exact) mass is 391 g/mol. The lowest BCUT2D eigenvalue weighted by atomic mass is 9.69. The standard InChI is InChI=1S/C23H25N3O3/c1-5-29-22(28)17(4)25-26-20-13-11-19(12-14-20)23(15-24,21(27)16(2)3)18-9-7-6-8-10-18/h6-14,16,26H,5H2,1-4H3/b25-17+.